The second kappa shape index (κ2) is 6.57. The first-order valence-corrected chi connectivity index (χ1v) is 8.92. The van der Waals surface area contributed by atoms with E-state index in [0.29, 0.717) is 11.3 Å². The molecule has 122 valence electrons. The van der Waals surface area contributed by atoms with Gasteiger partial charge in [0.2, 0.25) is 0 Å². The number of hydrogen-bond donors (Lipinski definition) is 0. The molecule has 0 N–H and O–H groups in total. The van der Waals surface area contributed by atoms with E-state index in [2.05, 4.69) is 10.1 Å². The molecule has 3 aromatic rings. The summed E-state index contributed by atoms with van der Waals surface area (Å²) >= 11 is 1.60. The number of rotatable bonds is 3. The van der Waals surface area contributed by atoms with E-state index in [9.17, 15) is 4.79 Å². The molecule has 5 nitrogen and oxygen atoms in total. The Morgan fingerprint density at radius 3 is 2.92 bits per heavy atom. The smallest absolute Gasteiger partial charge is 0.260 e. The van der Waals surface area contributed by atoms with E-state index in [-0.39, 0.29) is 11.9 Å². The molecule has 0 aliphatic carbocycles. The fraction of sp³-hybridized carbons (Fsp3) is 0.278. The van der Waals surface area contributed by atoms with Crippen molar-refractivity contribution in [2.24, 2.45) is 0 Å². The Labute approximate surface area is 143 Å². The van der Waals surface area contributed by atoms with Crippen molar-refractivity contribution in [1.29, 1.82) is 0 Å². The van der Waals surface area contributed by atoms with Gasteiger partial charge in [0, 0.05) is 23.7 Å². The highest BCUT2D eigenvalue weighted by molar-refractivity contribution is 7.09. The Hall–Kier alpha value is -2.47. The van der Waals surface area contributed by atoms with E-state index < -0.39 is 0 Å². The molecule has 0 saturated carbocycles. The number of amides is 1. The molecule has 4 rings (SSSR count). The molecule has 1 atom stereocenters. The molecule has 0 radical (unpaired) electrons. The molecule has 1 aromatic carbocycles. The molecule has 1 amide bonds. The van der Waals surface area contributed by atoms with Gasteiger partial charge in [0.1, 0.15) is 22.5 Å². The fourth-order valence-electron chi connectivity index (χ4n) is 3.18. The predicted octanol–water partition coefficient (Wildman–Crippen LogP) is 4.17. The number of carbonyl (C=O) groups is 1. The van der Waals surface area contributed by atoms with Gasteiger partial charge in [0.05, 0.1) is 6.04 Å². The number of benzene rings is 1. The van der Waals surface area contributed by atoms with Gasteiger partial charge in [-0.1, -0.05) is 35.5 Å². The van der Waals surface area contributed by atoms with Gasteiger partial charge in [-0.2, -0.15) is 0 Å². The minimum atomic E-state index is -0.0324. The molecule has 0 bridgehead atoms. The lowest BCUT2D eigenvalue weighted by atomic mass is 10.0. The zero-order chi connectivity index (χ0) is 16.4. The van der Waals surface area contributed by atoms with Crippen LogP contribution in [-0.4, -0.2) is 27.5 Å². The zero-order valence-corrected chi connectivity index (χ0v) is 13.9. The van der Waals surface area contributed by atoms with Crippen LogP contribution in [0.2, 0.25) is 0 Å². The van der Waals surface area contributed by atoms with Gasteiger partial charge in [-0.15, -0.1) is 11.3 Å². The predicted molar refractivity (Wildman–Crippen MR) is 91.7 cm³/mol. The number of thiazole rings is 1. The minimum Gasteiger partial charge on any atom is -0.363 e. The van der Waals surface area contributed by atoms with E-state index in [0.717, 1.165) is 36.4 Å². The zero-order valence-electron chi connectivity index (χ0n) is 13.1. The van der Waals surface area contributed by atoms with Crippen molar-refractivity contribution in [3.63, 3.8) is 0 Å². The Morgan fingerprint density at radius 1 is 1.25 bits per heavy atom. The fourth-order valence-corrected chi connectivity index (χ4v) is 3.96. The quantitative estimate of drug-likeness (QED) is 0.719. The second-order valence-corrected chi connectivity index (χ2v) is 6.75. The van der Waals surface area contributed by atoms with Crippen LogP contribution in [0, 0.1) is 0 Å². The summed E-state index contributed by atoms with van der Waals surface area (Å²) < 4.78 is 5.13. The molecule has 1 saturated heterocycles. The maximum absolute atomic E-state index is 13.2. The molecule has 1 fully saturated rings. The monoisotopic (exact) mass is 339 g/mol. The van der Waals surface area contributed by atoms with Crippen LogP contribution in [0.15, 0.2) is 52.7 Å². The third-order valence-corrected chi connectivity index (χ3v) is 5.22. The van der Waals surface area contributed by atoms with Crippen molar-refractivity contribution in [3.05, 3.63) is 58.7 Å². The first-order valence-electron chi connectivity index (χ1n) is 8.05. The van der Waals surface area contributed by atoms with Crippen molar-refractivity contribution in [2.45, 2.75) is 25.3 Å². The van der Waals surface area contributed by atoms with Gasteiger partial charge in [-0.05, 0) is 19.3 Å². The molecule has 3 heterocycles. The van der Waals surface area contributed by atoms with Gasteiger partial charge in [0.15, 0.2) is 0 Å². The summed E-state index contributed by atoms with van der Waals surface area (Å²) in [7, 11) is 0. The third-order valence-electron chi connectivity index (χ3n) is 4.35. The van der Waals surface area contributed by atoms with Crippen LogP contribution in [0.25, 0.3) is 11.3 Å². The summed E-state index contributed by atoms with van der Waals surface area (Å²) in [5, 5.41) is 7.02. The van der Waals surface area contributed by atoms with Crippen LogP contribution >= 0.6 is 11.3 Å². The maximum atomic E-state index is 13.2. The van der Waals surface area contributed by atoms with Crippen molar-refractivity contribution < 1.29 is 9.32 Å². The van der Waals surface area contributed by atoms with Gasteiger partial charge in [-0.3, -0.25) is 4.79 Å². The number of hydrogen-bond acceptors (Lipinski definition) is 5. The Bertz CT molecular complexity index is 814. The average molecular weight is 339 g/mol. The molecule has 24 heavy (non-hydrogen) atoms. The highest BCUT2D eigenvalue weighted by Gasteiger charge is 2.32. The van der Waals surface area contributed by atoms with Crippen molar-refractivity contribution >= 4 is 17.2 Å². The van der Waals surface area contributed by atoms with Gasteiger partial charge >= 0.3 is 0 Å². The Balaban J connectivity index is 1.67. The van der Waals surface area contributed by atoms with Crippen LogP contribution in [0.1, 0.15) is 40.7 Å². The Morgan fingerprint density at radius 2 is 2.12 bits per heavy atom. The van der Waals surface area contributed by atoms with Crippen LogP contribution in [0.3, 0.4) is 0 Å². The lowest BCUT2D eigenvalue weighted by Crippen LogP contribution is -2.38. The lowest BCUT2D eigenvalue weighted by Gasteiger charge is -2.34. The molecular formula is C18H17N3O2S. The van der Waals surface area contributed by atoms with Crippen molar-refractivity contribution in [2.75, 3.05) is 6.54 Å². The SMILES string of the molecule is O=C(c1conc1-c1ccccc1)N1CCCC[C@@H]1c1nccs1. The number of nitrogens with zero attached hydrogens (tertiary/aromatic N) is 3. The summed E-state index contributed by atoms with van der Waals surface area (Å²) in [6, 6.07) is 9.71. The normalized spacial score (nSPS) is 17.8. The molecule has 0 unspecified atom stereocenters. The number of carbonyl (C=O) groups excluding carboxylic acids is 1. The van der Waals surface area contributed by atoms with Gasteiger partial charge < -0.3 is 9.42 Å². The van der Waals surface area contributed by atoms with Crippen LogP contribution in [0.5, 0.6) is 0 Å². The molecule has 6 heteroatoms. The topological polar surface area (TPSA) is 59.2 Å². The van der Waals surface area contributed by atoms with Crippen molar-refractivity contribution in [1.82, 2.24) is 15.0 Å². The average Bonchev–Trinajstić information content (AvgIpc) is 3.33. The first kappa shape index (κ1) is 15.1. The summed E-state index contributed by atoms with van der Waals surface area (Å²) in [5.74, 6) is -0.0324. The van der Waals surface area contributed by atoms with Crippen molar-refractivity contribution in [3.8, 4) is 11.3 Å². The maximum Gasteiger partial charge on any atom is 0.260 e. The molecule has 2 aromatic heterocycles. The largest absolute Gasteiger partial charge is 0.363 e. The summed E-state index contributed by atoms with van der Waals surface area (Å²) in [6.07, 6.45) is 6.33. The van der Waals surface area contributed by atoms with Gasteiger partial charge in [-0.25, -0.2) is 4.98 Å². The highest BCUT2D eigenvalue weighted by Crippen LogP contribution is 2.34. The van der Waals surface area contributed by atoms with E-state index in [1.54, 1.807) is 17.5 Å². The third kappa shape index (κ3) is 2.73. The summed E-state index contributed by atoms with van der Waals surface area (Å²) in [5.41, 5.74) is 2.01. The summed E-state index contributed by atoms with van der Waals surface area (Å²) in [4.78, 5) is 19.5. The first-order chi connectivity index (χ1) is 11.8. The van der Waals surface area contributed by atoms with Crippen LogP contribution in [0.4, 0.5) is 0 Å². The minimum absolute atomic E-state index is 0.0324. The van der Waals surface area contributed by atoms with E-state index in [1.165, 1.54) is 6.26 Å². The van der Waals surface area contributed by atoms with E-state index in [4.69, 9.17) is 4.52 Å². The molecule has 1 aliphatic heterocycles. The number of aromatic nitrogens is 2. The van der Waals surface area contributed by atoms with E-state index in [1.807, 2.05) is 40.6 Å². The highest BCUT2D eigenvalue weighted by atomic mass is 32.1. The number of piperidine rings is 1. The standard InChI is InChI=1S/C18H17N3O2S/c22-18(14-12-23-20-16(14)13-6-2-1-3-7-13)21-10-5-4-8-15(21)17-19-9-11-24-17/h1-3,6-7,9,11-12,15H,4-5,8,10H2/t15-/m1/s1. The molecule has 0 spiro atoms. The van der Waals surface area contributed by atoms with Gasteiger partial charge in [0.25, 0.3) is 5.91 Å². The number of likely N-dealkylation sites (tertiary alicyclic amines) is 1. The lowest BCUT2D eigenvalue weighted by molar-refractivity contribution is 0.0611. The Kier molecular flexibility index (Phi) is 4.13. The van der Waals surface area contributed by atoms with Crippen LogP contribution in [-0.2, 0) is 0 Å². The summed E-state index contributed by atoms with van der Waals surface area (Å²) in [6.45, 7) is 0.739. The van der Waals surface area contributed by atoms with Crippen LogP contribution < -0.4 is 0 Å². The second-order valence-electron chi connectivity index (χ2n) is 5.82. The van der Waals surface area contributed by atoms with E-state index >= 15 is 0 Å². The molecular weight excluding hydrogens is 322 g/mol. The molecule has 1 aliphatic rings.